The predicted molar refractivity (Wildman–Crippen MR) is 165 cm³/mol. The van der Waals surface area contributed by atoms with Gasteiger partial charge in [-0.1, -0.05) is 33.1 Å². The van der Waals surface area contributed by atoms with Crippen LogP contribution in [0.1, 0.15) is 44.4 Å². The summed E-state index contributed by atoms with van der Waals surface area (Å²) in [6, 6.07) is 13.5. The third kappa shape index (κ3) is 16.3. The van der Waals surface area contributed by atoms with Gasteiger partial charge in [0.25, 0.3) is 0 Å². The summed E-state index contributed by atoms with van der Waals surface area (Å²) in [5, 5.41) is 10.4. The Hall–Kier alpha value is -4.16. The van der Waals surface area contributed by atoms with E-state index in [1.165, 1.54) is 5.56 Å². The summed E-state index contributed by atoms with van der Waals surface area (Å²) in [6.07, 6.45) is 6.21. The van der Waals surface area contributed by atoms with Crippen LogP contribution in [0, 0.1) is 0 Å². The number of hydrogen-bond donors (Lipinski definition) is 3. The van der Waals surface area contributed by atoms with Crippen LogP contribution in [-0.2, 0) is 13.0 Å². The number of ether oxygens (including phenoxy) is 2. The molecule has 1 aromatic carbocycles. The molecule has 0 spiro atoms. The lowest BCUT2D eigenvalue weighted by Gasteiger charge is -2.12. The van der Waals surface area contributed by atoms with Crippen molar-refractivity contribution in [1.82, 2.24) is 15.3 Å². The fraction of sp³-hybridized carbons (Fsp3) is 0.281. The minimum atomic E-state index is 0.464. The van der Waals surface area contributed by atoms with Crippen LogP contribution in [0.25, 0.3) is 5.70 Å². The third-order valence-corrected chi connectivity index (χ3v) is 4.57. The highest BCUT2D eigenvalue weighted by Crippen LogP contribution is 2.31. The Morgan fingerprint density at radius 2 is 1.62 bits per heavy atom. The van der Waals surface area contributed by atoms with Gasteiger partial charge in [-0.15, -0.1) is 18.9 Å². The molecule has 3 aromatic rings. The number of nitrogens with zero attached hydrogens (tertiary/aromatic N) is 2. The van der Waals surface area contributed by atoms with Gasteiger partial charge in [0.2, 0.25) is 5.88 Å². The first-order valence-corrected chi connectivity index (χ1v) is 12.6. The maximum absolute atomic E-state index is 7.00. The monoisotopic (exact) mass is 534 g/mol. The van der Waals surface area contributed by atoms with Crippen molar-refractivity contribution in [3.8, 4) is 17.4 Å². The second kappa shape index (κ2) is 24.2. The molecule has 0 aliphatic carbocycles. The molecular weight excluding hydrogens is 488 g/mol. The number of benzene rings is 1. The average Bonchev–Trinajstić information content (AvgIpc) is 3.00. The highest BCUT2D eigenvalue weighted by Gasteiger charge is 2.08. The van der Waals surface area contributed by atoms with Crippen molar-refractivity contribution in [1.29, 1.82) is 0 Å². The summed E-state index contributed by atoms with van der Waals surface area (Å²) in [6.45, 7) is 22.6. The third-order valence-electron chi connectivity index (χ3n) is 4.57. The Balaban J connectivity index is 0. The molecule has 0 aliphatic rings. The molecule has 4 N–H and O–H groups in total. The van der Waals surface area contributed by atoms with Gasteiger partial charge in [-0.05, 0) is 73.8 Å². The van der Waals surface area contributed by atoms with Crippen molar-refractivity contribution in [3.63, 3.8) is 0 Å². The number of pyridine rings is 2. The number of nitrogens with two attached hydrogens (primary N) is 1. The van der Waals surface area contributed by atoms with E-state index in [1.54, 1.807) is 19.4 Å². The molecule has 212 valence electrons. The second-order valence-electron chi connectivity index (χ2n) is 7.46. The van der Waals surface area contributed by atoms with Gasteiger partial charge in [0, 0.05) is 49.6 Å². The van der Waals surface area contributed by atoms with Crippen LogP contribution in [0.4, 0.5) is 0 Å². The highest BCUT2D eigenvalue weighted by atomic mass is 16.5. The van der Waals surface area contributed by atoms with Crippen LogP contribution in [0.5, 0.6) is 17.4 Å². The molecule has 2 aromatic heterocycles. The molecule has 0 radical (unpaired) electrons. The number of aliphatic hydroxyl groups is 1. The fourth-order valence-corrected chi connectivity index (χ4v) is 2.66. The standard InChI is InChI=1S/C22H24N4O2.C5H8.C2H6.C2H4.CH4O/c1-16(23)19-4-6-22(26-15-19)28-20-5-3-18(13-21(20)27-2)14-25-12-9-17-7-10-24-11-8-17;1-4-5(2)3;3*1-2/h3-8,10-11,13,15,25H,1,9,12,14,23H2,2H3;1H2,2-3H3;1-2H3;1-2H2;2H,1H3. The maximum Gasteiger partial charge on any atom is 0.219 e. The van der Waals surface area contributed by atoms with Crippen LogP contribution in [0.2, 0.25) is 0 Å². The zero-order valence-electron chi connectivity index (χ0n) is 24.5. The number of nitrogens with one attached hydrogen (secondary N) is 1. The lowest BCUT2D eigenvalue weighted by atomic mass is 10.2. The summed E-state index contributed by atoms with van der Waals surface area (Å²) >= 11 is 0. The normalized spacial score (nSPS) is 8.69. The molecule has 0 saturated heterocycles. The van der Waals surface area contributed by atoms with E-state index < -0.39 is 0 Å². The summed E-state index contributed by atoms with van der Waals surface area (Å²) in [7, 11) is 2.62. The van der Waals surface area contributed by atoms with Crippen molar-refractivity contribution in [2.75, 3.05) is 20.8 Å². The first kappa shape index (κ1) is 37.0. The zero-order valence-corrected chi connectivity index (χ0v) is 24.5. The number of hydrogen-bond acceptors (Lipinski definition) is 7. The van der Waals surface area contributed by atoms with Crippen molar-refractivity contribution in [2.24, 2.45) is 5.73 Å². The quantitative estimate of drug-likeness (QED) is 0.159. The lowest BCUT2D eigenvalue weighted by molar-refractivity contribution is 0.373. The molecule has 0 saturated carbocycles. The average molecular weight is 535 g/mol. The van der Waals surface area contributed by atoms with Gasteiger partial charge in [0.1, 0.15) is 0 Å². The smallest absolute Gasteiger partial charge is 0.219 e. The number of rotatable bonds is 9. The van der Waals surface area contributed by atoms with Gasteiger partial charge in [-0.3, -0.25) is 4.98 Å². The van der Waals surface area contributed by atoms with Gasteiger partial charge in [0.15, 0.2) is 11.5 Å². The van der Waals surface area contributed by atoms with Gasteiger partial charge in [-0.25, -0.2) is 4.98 Å². The molecular formula is C32H46N4O3. The summed E-state index contributed by atoms with van der Waals surface area (Å²) in [4.78, 5) is 8.28. The highest BCUT2D eigenvalue weighted by molar-refractivity contribution is 5.59. The van der Waals surface area contributed by atoms with Gasteiger partial charge >= 0.3 is 0 Å². The van der Waals surface area contributed by atoms with E-state index in [4.69, 9.17) is 20.3 Å². The molecule has 2 heterocycles. The van der Waals surface area contributed by atoms with Crippen LogP contribution in [0.15, 0.2) is 98.7 Å². The van der Waals surface area contributed by atoms with E-state index in [1.807, 2.05) is 76.5 Å². The summed E-state index contributed by atoms with van der Waals surface area (Å²) in [5.74, 6) is 1.73. The Kier molecular flexibility index (Phi) is 22.9. The van der Waals surface area contributed by atoms with Crippen molar-refractivity contribution < 1.29 is 14.6 Å². The molecule has 7 heteroatoms. The van der Waals surface area contributed by atoms with Gasteiger partial charge in [-0.2, -0.15) is 0 Å². The van der Waals surface area contributed by atoms with Crippen molar-refractivity contribution in [2.45, 2.75) is 40.7 Å². The van der Waals surface area contributed by atoms with Crippen LogP contribution < -0.4 is 20.5 Å². The molecule has 39 heavy (non-hydrogen) atoms. The van der Waals surface area contributed by atoms with Gasteiger partial charge in [0.05, 0.1) is 7.11 Å². The van der Waals surface area contributed by atoms with E-state index in [2.05, 4.69) is 47.3 Å². The largest absolute Gasteiger partial charge is 0.493 e. The predicted octanol–water partition coefficient (Wildman–Crippen LogP) is 6.71. The lowest BCUT2D eigenvalue weighted by Crippen LogP contribution is -2.16. The SMILES string of the molecule is C=C.C=C(N)c1ccc(Oc2ccc(CNCCc3ccncc3)cc2OC)nc1.C=C=C(C)C.CC.CO. The van der Waals surface area contributed by atoms with E-state index in [-0.39, 0.29) is 0 Å². The molecule has 0 bridgehead atoms. The molecule has 0 unspecified atom stereocenters. The molecule has 7 nitrogen and oxygen atoms in total. The molecule has 0 atom stereocenters. The molecule has 3 rings (SSSR count). The van der Waals surface area contributed by atoms with Gasteiger partial charge < -0.3 is 25.6 Å². The Labute approximate surface area is 235 Å². The van der Waals surface area contributed by atoms with E-state index in [0.29, 0.717) is 23.1 Å². The summed E-state index contributed by atoms with van der Waals surface area (Å²) < 4.78 is 11.3. The van der Waals surface area contributed by atoms with Crippen LogP contribution >= 0.6 is 0 Å². The van der Waals surface area contributed by atoms with Crippen LogP contribution in [-0.4, -0.2) is 35.8 Å². The van der Waals surface area contributed by atoms with E-state index >= 15 is 0 Å². The summed E-state index contributed by atoms with van der Waals surface area (Å²) in [5.41, 5.74) is 13.1. The van der Waals surface area contributed by atoms with E-state index in [9.17, 15) is 0 Å². The topological polar surface area (TPSA) is 103 Å². The fourth-order valence-electron chi connectivity index (χ4n) is 2.66. The molecule has 0 amide bonds. The van der Waals surface area contributed by atoms with Crippen molar-refractivity contribution >= 4 is 5.70 Å². The second-order valence-corrected chi connectivity index (χ2v) is 7.46. The number of aromatic nitrogens is 2. The van der Waals surface area contributed by atoms with Crippen molar-refractivity contribution in [3.05, 3.63) is 115 Å². The number of allylic oxidation sites excluding steroid dienone is 1. The minimum absolute atomic E-state index is 0.464. The zero-order chi connectivity index (χ0) is 30.1. The molecule has 0 aliphatic heterocycles. The molecule has 0 fully saturated rings. The number of methoxy groups -OCH3 is 1. The minimum Gasteiger partial charge on any atom is -0.493 e. The Morgan fingerprint density at radius 3 is 2.10 bits per heavy atom. The van der Waals surface area contributed by atoms with Crippen LogP contribution in [0.3, 0.4) is 0 Å². The number of aliphatic hydroxyl groups excluding tert-OH is 1. The van der Waals surface area contributed by atoms with E-state index in [0.717, 1.165) is 43.3 Å². The first-order valence-electron chi connectivity index (χ1n) is 12.6. The Bertz CT molecular complexity index is 1090. The first-order chi connectivity index (χ1) is 18.9. The Morgan fingerprint density at radius 1 is 1.00 bits per heavy atom. The maximum atomic E-state index is 7.00.